The number of hydrogen-bond donors (Lipinski definition) is 4. The summed E-state index contributed by atoms with van der Waals surface area (Å²) in [4.78, 5) is 52.2. The molecule has 14 heteroatoms. The maximum absolute atomic E-state index is 12.5. The van der Waals surface area contributed by atoms with Crippen LogP contribution in [-0.4, -0.2) is 73.4 Å². The number of aliphatic carboxylic acids is 1. The van der Waals surface area contributed by atoms with Gasteiger partial charge in [0.25, 0.3) is 17.8 Å². The molecule has 2 aliphatic rings. The number of nitrogens with two attached hydrogens (primary N) is 1. The molecule has 1 unspecified atom stereocenters. The van der Waals surface area contributed by atoms with Crippen molar-refractivity contribution < 1.29 is 38.6 Å². The number of carbonyl (C=O) groups is 4. The average Bonchev–Trinajstić information content (AvgIpc) is 3.09. The summed E-state index contributed by atoms with van der Waals surface area (Å²) in [5, 5.41) is 23.1. The molecule has 0 aromatic carbocycles. The number of carboxylic acids is 1. The van der Waals surface area contributed by atoms with E-state index < -0.39 is 40.9 Å². The first-order chi connectivity index (χ1) is 13.7. The molecule has 154 valence electrons. The van der Waals surface area contributed by atoms with Crippen LogP contribution in [0.4, 0.5) is 6.01 Å². The highest BCUT2D eigenvalue weighted by atomic mass is 32.2. The van der Waals surface area contributed by atoms with Gasteiger partial charge >= 0.3 is 11.9 Å². The number of hydrogen-bond acceptors (Lipinski definition) is 11. The van der Waals surface area contributed by atoms with Crippen molar-refractivity contribution in [3.8, 4) is 0 Å². The van der Waals surface area contributed by atoms with E-state index in [0.717, 1.165) is 11.2 Å². The molecule has 2 aliphatic heterocycles. The molecule has 1 aromatic heterocycles. The van der Waals surface area contributed by atoms with Crippen molar-refractivity contribution in [2.24, 2.45) is 5.16 Å². The molecule has 0 saturated carbocycles. The van der Waals surface area contributed by atoms with E-state index >= 15 is 0 Å². The number of carboxylic acid groups (broad SMARTS) is 1. The molecule has 0 aliphatic carbocycles. The maximum Gasteiger partial charge on any atom is 0.352 e. The number of anilines is 1. The molecule has 13 nitrogen and oxygen atoms in total. The number of esters is 1. The van der Waals surface area contributed by atoms with Gasteiger partial charge in [0.15, 0.2) is 5.71 Å². The van der Waals surface area contributed by atoms with E-state index in [1.165, 1.54) is 18.7 Å². The molecule has 3 rings (SSSR count). The summed E-state index contributed by atoms with van der Waals surface area (Å²) in [6, 6.07) is -1.31. The zero-order valence-electron chi connectivity index (χ0n) is 14.8. The molecule has 3 heterocycles. The predicted octanol–water partition coefficient (Wildman–Crippen LogP) is -1.26. The first kappa shape index (κ1) is 20.2. The lowest BCUT2D eigenvalue weighted by Gasteiger charge is -2.49. The number of aromatic nitrogens is 1. The molecule has 1 fully saturated rings. The molecule has 1 saturated heterocycles. The number of β-lactam (4-membered cyclic amide) rings is 1. The Morgan fingerprint density at radius 3 is 2.79 bits per heavy atom. The lowest BCUT2D eigenvalue weighted by Crippen LogP contribution is -2.71. The van der Waals surface area contributed by atoms with Gasteiger partial charge < -0.3 is 30.5 Å². The molecule has 0 radical (unpaired) electrons. The minimum absolute atomic E-state index is 0.141. The van der Waals surface area contributed by atoms with Gasteiger partial charge in [-0.1, -0.05) is 5.16 Å². The van der Waals surface area contributed by atoms with Crippen molar-refractivity contribution in [3.05, 3.63) is 23.2 Å². The van der Waals surface area contributed by atoms with Crippen LogP contribution in [0.1, 0.15) is 12.6 Å². The standard InChI is InChI=1S/C15H15N5O8S/c1-5(21)27-2-6-4-29-13-9(12(23)20(13)10(6)14(24)25)18-11(22)8(19-26)7-3-28-15(16)17-7/h3,9,13,26H,2,4H2,1H3,(H2,16,17)(H,18,22)(H,24,25)/t9?,13-/m0/s1. The fourth-order valence-electron chi connectivity index (χ4n) is 2.80. The molecular weight excluding hydrogens is 410 g/mol. The summed E-state index contributed by atoms with van der Waals surface area (Å²) >= 11 is 1.19. The molecule has 2 amide bonds. The zero-order chi connectivity index (χ0) is 21.3. The smallest absolute Gasteiger partial charge is 0.352 e. The van der Waals surface area contributed by atoms with Crippen molar-refractivity contribution in [2.75, 3.05) is 18.1 Å². The first-order valence-corrected chi connectivity index (χ1v) is 9.07. The van der Waals surface area contributed by atoms with E-state index in [-0.39, 0.29) is 35.3 Å². The number of oxime groups is 1. The second-order valence-corrected chi connectivity index (χ2v) is 7.02. The van der Waals surface area contributed by atoms with Crippen molar-refractivity contribution in [1.29, 1.82) is 0 Å². The lowest BCUT2D eigenvalue weighted by molar-refractivity contribution is -0.150. The highest BCUT2D eigenvalue weighted by molar-refractivity contribution is 8.00. The fourth-order valence-corrected chi connectivity index (χ4v) is 4.13. The van der Waals surface area contributed by atoms with E-state index in [2.05, 4.69) is 15.5 Å². The normalized spacial score (nSPS) is 21.3. The second-order valence-electron chi connectivity index (χ2n) is 5.92. The van der Waals surface area contributed by atoms with Gasteiger partial charge in [-0.3, -0.25) is 19.3 Å². The number of thioether (sulfide) groups is 1. The predicted molar refractivity (Wildman–Crippen MR) is 95.6 cm³/mol. The molecule has 2 atom stereocenters. The van der Waals surface area contributed by atoms with Gasteiger partial charge in [-0.2, -0.15) is 4.98 Å². The highest BCUT2D eigenvalue weighted by Gasteiger charge is 2.54. The molecule has 1 aromatic rings. The number of amides is 2. The summed E-state index contributed by atoms with van der Waals surface area (Å²) in [7, 11) is 0. The van der Waals surface area contributed by atoms with E-state index in [4.69, 9.17) is 20.1 Å². The van der Waals surface area contributed by atoms with E-state index in [9.17, 15) is 24.3 Å². The second kappa shape index (κ2) is 7.83. The summed E-state index contributed by atoms with van der Waals surface area (Å²) in [5.74, 6) is -3.36. The lowest BCUT2D eigenvalue weighted by atomic mass is 10.0. The Kier molecular flexibility index (Phi) is 5.45. The van der Waals surface area contributed by atoms with E-state index in [1.807, 2.05) is 0 Å². The van der Waals surface area contributed by atoms with Crippen LogP contribution in [0.5, 0.6) is 0 Å². The summed E-state index contributed by atoms with van der Waals surface area (Å²) in [6.45, 7) is 0.926. The Bertz CT molecular complexity index is 954. The van der Waals surface area contributed by atoms with E-state index in [1.54, 1.807) is 0 Å². The molecule has 0 spiro atoms. The van der Waals surface area contributed by atoms with Crippen LogP contribution in [-0.2, 0) is 23.9 Å². The van der Waals surface area contributed by atoms with Crippen molar-refractivity contribution in [1.82, 2.24) is 15.2 Å². The van der Waals surface area contributed by atoms with Gasteiger partial charge in [-0.05, 0) is 0 Å². The summed E-state index contributed by atoms with van der Waals surface area (Å²) < 4.78 is 9.59. The van der Waals surface area contributed by atoms with Gasteiger partial charge in [0.05, 0.1) is 0 Å². The summed E-state index contributed by atoms with van der Waals surface area (Å²) in [5.41, 5.74) is 4.63. The molecule has 5 N–H and O–H groups in total. The van der Waals surface area contributed by atoms with Gasteiger partial charge in [-0.25, -0.2) is 4.79 Å². The quantitative estimate of drug-likeness (QED) is 0.139. The molecular formula is C15H15N5O8S. The van der Waals surface area contributed by atoms with E-state index in [0.29, 0.717) is 0 Å². The summed E-state index contributed by atoms with van der Waals surface area (Å²) in [6.07, 6.45) is 1.00. The van der Waals surface area contributed by atoms with Crippen LogP contribution < -0.4 is 11.1 Å². The third-order valence-electron chi connectivity index (χ3n) is 4.07. The van der Waals surface area contributed by atoms with Crippen LogP contribution in [0, 0.1) is 0 Å². The largest absolute Gasteiger partial charge is 0.477 e. The van der Waals surface area contributed by atoms with Crippen LogP contribution in [0.3, 0.4) is 0 Å². The zero-order valence-corrected chi connectivity index (χ0v) is 15.6. The Balaban J connectivity index is 1.76. The number of oxazole rings is 1. The topological polar surface area (TPSA) is 198 Å². The first-order valence-electron chi connectivity index (χ1n) is 8.02. The maximum atomic E-state index is 12.5. The van der Waals surface area contributed by atoms with Gasteiger partial charge in [0.1, 0.15) is 35.7 Å². The van der Waals surface area contributed by atoms with Crippen molar-refractivity contribution in [2.45, 2.75) is 18.3 Å². The minimum Gasteiger partial charge on any atom is -0.477 e. The minimum atomic E-state index is -1.36. The van der Waals surface area contributed by atoms with Crippen LogP contribution in [0.15, 0.2) is 27.1 Å². The van der Waals surface area contributed by atoms with Crippen LogP contribution in [0.2, 0.25) is 0 Å². The number of ether oxygens (including phenoxy) is 1. The van der Waals surface area contributed by atoms with Gasteiger partial charge in [0.2, 0.25) is 0 Å². The van der Waals surface area contributed by atoms with Crippen molar-refractivity contribution in [3.63, 3.8) is 0 Å². The molecule has 29 heavy (non-hydrogen) atoms. The number of fused-ring (bicyclic) bond motifs is 1. The number of carbonyl (C=O) groups excluding carboxylic acids is 3. The Hall–Kier alpha value is -3.55. The number of nitrogens with one attached hydrogen (secondary N) is 1. The number of rotatable bonds is 6. The average molecular weight is 425 g/mol. The number of nitrogens with zero attached hydrogens (tertiary/aromatic N) is 3. The fraction of sp³-hybridized carbons (Fsp3) is 0.333. The Morgan fingerprint density at radius 2 is 2.24 bits per heavy atom. The van der Waals surface area contributed by atoms with Crippen LogP contribution in [0.25, 0.3) is 0 Å². The monoisotopic (exact) mass is 425 g/mol. The third kappa shape index (κ3) is 3.73. The SMILES string of the molecule is CC(=O)OCC1=C(C(=O)O)N2C(=O)C(NC(=O)C(=NO)c3coc(N)n3)[C@@H]2SC1. The number of nitrogen functional groups attached to an aromatic ring is 1. The van der Waals surface area contributed by atoms with Crippen LogP contribution >= 0.6 is 11.8 Å². The van der Waals surface area contributed by atoms with Gasteiger partial charge in [0, 0.05) is 18.2 Å². The van der Waals surface area contributed by atoms with Gasteiger partial charge in [-0.15, -0.1) is 11.8 Å². The highest BCUT2D eigenvalue weighted by Crippen LogP contribution is 2.40. The Labute approximate surface area is 166 Å². The van der Waals surface area contributed by atoms with Crippen molar-refractivity contribution >= 4 is 47.2 Å². The third-order valence-corrected chi connectivity index (χ3v) is 5.41. The Morgan fingerprint density at radius 1 is 1.52 bits per heavy atom. The molecule has 0 bridgehead atoms.